The number of aromatic nitrogens is 1. The number of rotatable bonds is 4. The first kappa shape index (κ1) is 10.6. The van der Waals surface area contributed by atoms with Crippen LogP contribution < -0.4 is 5.73 Å². The zero-order chi connectivity index (χ0) is 9.84. The third-order valence-corrected chi connectivity index (χ3v) is 3.09. The van der Waals surface area contributed by atoms with Crippen molar-refractivity contribution in [3.63, 3.8) is 0 Å². The molecule has 74 valence electrons. The molecule has 0 saturated heterocycles. The molecule has 0 aliphatic carbocycles. The molecule has 1 aromatic rings. The summed E-state index contributed by atoms with van der Waals surface area (Å²) in [5.41, 5.74) is 5.32. The van der Waals surface area contributed by atoms with Crippen LogP contribution in [0, 0.1) is 0 Å². The van der Waals surface area contributed by atoms with E-state index >= 15 is 0 Å². The van der Waals surface area contributed by atoms with Crippen LogP contribution in [0.4, 0.5) is 0 Å². The van der Waals surface area contributed by atoms with E-state index in [9.17, 15) is 5.11 Å². The number of hydrogen-bond donors (Lipinski definition) is 2. The van der Waals surface area contributed by atoms with E-state index in [4.69, 9.17) is 5.73 Å². The van der Waals surface area contributed by atoms with Gasteiger partial charge in [0.05, 0.1) is 11.1 Å². The second-order valence-corrected chi connectivity index (χ2v) is 4.56. The zero-order valence-electron chi connectivity index (χ0n) is 8.03. The molecule has 1 atom stereocenters. The highest BCUT2D eigenvalue weighted by Crippen LogP contribution is 2.21. The molecular weight excluding hydrogens is 184 g/mol. The molecule has 1 rings (SSSR count). The molecule has 0 bridgehead atoms. The summed E-state index contributed by atoms with van der Waals surface area (Å²) in [5.74, 6) is 0.466. The van der Waals surface area contributed by atoms with E-state index in [0.29, 0.717) is 18.9 Å². The van der Waals surface area contributed by atoms with Crippen molar-refractivity contribution in [3.05, 3.63) is 16.1 Å². The molecule has 1 heterocycles. The topological polar surface area (TPSA) is 59.1 Å². The Kier molecular flexibility index (Phi) is 3.84. The normalized spacial score (nSPS) is 13.6. The van der Waals surface area contributed by atoms with Gasteiger partial charge in [0, 0.05) is 30.0 Å². The summed E-state index contributed by atoms with van der Waals surface area (Å²) < 4.78 is 0. The number of aliphatic hydroxyl groups is 1. The van der Waals surface area contributed by atoms with E-state index in [1.54, 1.807) is 11.3 Å². The third kappa shape index (κ3) is 3.06. The van der Waals surface area contributed by atoms with Gasteiger partial charge in [0.25, 0.3) is 0 Å². The maximum atomic E-state index is 9.31. The smallest absolute Gasteiger partial charge is 0.0953 e. The SMILES string of the molecule is CC(C)c1ncc(CC(O)CN)s1. The van der Waals surface area contributed by atoms with Crippen molar-refractivity contribution >= 4 is 11.3 Å². The number of hydrogen-bond acceptors (Lipinski definition) is 4. The predicted octanol–water partition coefficient (Wildman–Crippen LogP) is 1.13. The minimum atomic E-state index is -0.430. The summed E-state index contributed by atoms with van der Waals surface area (Å²) in [6.07, 6.45) is 2.03. The molecule has 3 N–H and O–H groups in total. The summed E-state index contributed by atoms with van der Waals surface area (Å²) in [4.78, 5) is 5.38. The lowest BCUT2D eigenvalue weighted by Crippen LogP contribution is -2.21. The first-order valence-corrected chi connectivity index (χ1v) is 5.28. The minimum absolute atomic E-state index is 0.314. The highest BCUT2D eigenvalue weighted by Gasteiger charge is 2.08. The number of thiazole rings is 1. The van der Waals surface area contributed by atoms with Gasteiger partial charge in [-0.25, -0.2) is 4.98 Å². The molecule has 3 nitrogen and oxygen atoms in total. The van der Waals surface area contributed by atoms with Crippen molar-refractivity contribution in [1.82, 2.24) is 4.98 Å². The Morgan fingerprint density at radius 1 is 1.62 bits per heavy atom. The van der Waals surface area contributed by atoms with Gasteiger partial charge in [-0.05, 0) is 0 Å². The van der Waals surface area contributed by atoms with Gasteiger partial charge in [0.2, 0.25) is 0 Å². The molecule has 13 heavy (non-hydrogen) atoms. The Balaban J connectivity index is 2.58. The van der Waals surface area contributed by atoms with E-state index < -0.39 is 6.10 Å². The number of nitrogens with zero attached hydrogens (tertiary/aromatic N) is 1. The largest absolute Gasteiger partial charge is 0.391 e. The Hall–Kier alpha value is -0.450. The second kappa shape index (κ2) is 4.69. The maximum absolute atomic E-state index is 9.31. The van der Waals surface area contributed by atoms with Gasteiger partial charge in [-0.2, -0.15) is 0 Å². The summed E-state index contributed by atoms with van der Waals surface area (Å²) in [6, 6.07) is 0. The molecule has 1 unspecified atom stereocenters. The molecule has 4 heteroatoms. The molecule has 0 fully saturated rings. The van der Waals surface area contributed by atoms with Gasteiger partial charge < -0.3 is 10.8 Å². The van der Waals surface area contributed by atoms with Crippen LogP contribution in [0.15, 0.2) is 6.20 Å². The molecule has 0 saturated carbocycles. The van der Waals surface area contributed by atoms with Crippen LogP contribution in [0.3, 0.4) is 0 Å². The number of aliphatic hydroxyl groups excluding tert-OH is 1. The van der Waals surface area contributed by atoms with Crippen molar-refractivity contribution in [3.8, 4) is 0 Å². The summed E-state index contributed by atoms with van der Waals surface area (Å²) in [5, 5.41) is 10.4. The lowest BCUT2D eigenvalue weighted by molar-refractivity contribution is 0.184. The van der Waals surface area contributed by atoms with E-state index in [2.05, 4.69) is 18.8 Å². The molecule has 0 spiro atoms. The lowest BCUT2D eigenvalue weighted by atomic mass is 10.2. The fourth-order valence-corrected chi connectivity index (χ4v) is 1.99. The van der Waals surface area contributed by atoms with Crippen molar-refractivity contribution in [2.24, 2.45) is 5.73 Å². The third-order valence-electron chi connectivity index (χ3n) is 1.77. The van der Waals surface area contributed by atoms with Gasteiger partial charge in [-0.15, -0.1) is 11.3 Å². The Morgan fingerprint density at radius 2 is 2.31 bits per heavy atom. The Morgan fingerprint density at radius 3 is 2.77 bits per heavy atom. The molecule has 0 aromatic carbocycles. The van der Waals surface area contributed by atoms with Gasteiger partial charge >= 0.3 is 0 Å². The lowest BCUT2D eigenvalue weighted by Gasteiger charge is -2.03. The van der Waals surface area contributed by atoms with Gasteiger partial charge in [0.1, 0.15) is 0 Å². The first-order chi connectivity index (χ1) is 6.13. The number of nitrogens with two attached hydrogens (primary N) is 1. The molecular formula is C9H16N2OS. The first-order valence-electron chi connectivity index (χ1n) is 4.46. The van der Waals surface area contributed by atoms with E-state index in [-0.39, 0.29) is 0 Å². The van der Waals surface area contributed by atoms with E-state index in [1.807, 2.05) is 6.20 Å². The predicted molar refractivity (Wildman–Crippen MR) is 55.0 cm³/mol. The van der Waals surface area contributed by atoms with Crippen molar-refractivity contribution in [1.29, 1.82) is 0 Å². The van der Waals surface area contributed by atoms with Crippen LogP contribution in [0.25, 0.3) is 0 Å². The molecule has 0 aliphatic rings. The summed E-state index contributed by atoms with van der Waals surface area (Å²) in [7, 11) is 0. The molecule has 0 radical (unpaired) electrons. The fraction of sp³-hybridized carbons (Fsp3) is 0.667. The maximum Gasteiger partial charge on any atom is 0.0953 e. The van der Waals surface area contributed by atoms with E-state index in [1.165, 1.54) is 0 Å². The molecule has 1 aromatic heterocycles. The average Bonchev–Trinajstić information content (AvgIpc) is 2.52. The highest BCUT2D eigenvalue weighted by molar-refractivity contribution is 7.11. The van der Waals surface area contributed by atoms with Crippen LogP contribution in [0.1, 0.15) is 29.7 Å². The zero-order valence-corrected chi connectivity index (χ0v) is 8.84. The van der Waals surface area contributed by atoms with E-state index in [0.717, 1.165) is 9.88 Å². The molecule has 0 aliphatic heterocycles. The van der Waals surface area contributed by atoms with Crippen LogP contribution in [0.5, 0.6) is 0 Å². The van der Waals surface area contributed by atoms with Gasteiger partial charge in [0.15, 0.2) is 0 Å². The van der Waals surface area contributed by atoms with Crippen LogP contribution >= 0.6 is 11.3 Å². The van der Waals surface area contributed by atoms with Crippen molar-refractivity contribution in [2.45, 2.75) is 32.3 Å². The standard InChI is InChI=1S/C9H16N2OS/c1-6(2)9-11-5-8(13-9)3-7(12)4-10/h5-7,12H,3-4,10H2,1-2H3. The summed E-state index contributed by atoms with van der Waals surface area (Å²) >= 11 is 1.66. The Bertz CT molecular complexity index is 260. The van der Waals surface area contributed by atoms with Gasteiger partial charge in [-0.3, -0.25) is 0 Å². The van der Waals surface area contributed by atoms with Crippen LogP contribution in [-0.4, -0.2) is 22.7 Å². The second-order valence-electron chi connectivity index (χ2n) is 3.41. The van der Waals surface area contributed by atoms with Crippen molar-refractivity contribution < 1.29 is 5.11 Å². The highest BCUT2D eigenvalue weighted by atomic mass is 32.1. The monoisotopic (exact) mass is 200 g/mol. The summed E-state index contributed by atoms with van der Waals surface area (Å²) in [6.45, 7) is 4.54. The quantitative estimate of drug-likeness (QED) is 0.766. The van der Waals surface area contributed by atoms with Crippen LogP contribution in [0.2, 0.25) is 0 Å². The van der Waals surface area contributed by atoms with Crippen molar-refractivity contribution in [2.75, 3.05) is 6.54 Å². The van der Waals surface area contributed by atoms with Crippen LogP contribution in [-0.2, 0) is 6.42 Å². The Labute approximate surface area is 82.6 Å². The average molecular weight is 200 g/mol. The fourth-order valence-electron chi connectivity index (χ4n) is 0.999. The molecule has 0 amide bonds. The minimum Gasteiger partial charge on any atom is -0.391 e. The van der Waals surface area contributed by atoms with Gasteiger partial charge in [-0.1, -0.05) is 13.8 Å².